The van der Waals surface area contributed by atoms with Gasteiger partial charge >= 0.3 is 5.97 Å². The molecular formula is C26H33NO3. The predicted molar refractivity (Wildman–Crippen MR) is 123 cm³/mol. The Morgan fingerprint density at radius 1 is 0.967 bits per heavy atom. The molecule has 160 valence electrons. The number of carboxylic acids is 1. The maximum Gasteiger partial charge on any atom is 0.336 e. The number of ether oxygens (including phenoxy) is 1. The number of carboxylic acid groups (broad SMARTS) is 1. The van der Waals surface area contributed by atoms with Gasteiger partial charge in [0.05, 0.1) is 5.56 Å². The van der Waals surface area contributed by atoms with Crippen LogP contribution in [0.25, 0.3) is 0 Å². The number of aromatic carboxylic acids is 1. The third kappa shape index (κ3) is 8.08. The van der Waals surface area contributed by atoms with Gasteiger partial charge in [-0.2, -0.15) is 0 Å². The first-order chi connectivity index (χ1) is 14.5. The molecule has 0 aliphatic rings. The lowest BCUT2D eigenvalue weighted by atomic mass is 10.0. The first kappa shape index (κ1) is 24.9. The third-order valence-electron chi connectivity index (χ3n) is 4.36. The van der Waals surface area contributed by atoms with Crippen LogP contribution in [0.5, 0.6) is 5.75 Å². The SMILES string of the molecule is CC.CCc1cccc(OCc2cccc(C)c2C(=O)O)c1.CCc1ccccn1. The number of nitrogens with zero attached hydrogens (tertiary/aromatic N) is 1. The van der Waals surface area contributed by atoms with Crippen LogP contribution in [0.3, 0.4) is 0 Å². The maximum atomic E-state index is 11.3. The molecule has 0 atom stereocenters. The molecule has 1 aromatic heterocycles. The fourth-order valence-electron chi connectivity index (χ4n) is 2.78. The van der Waals surface area contributed by atoms with Gasteiger partial charge in [-0.3, -0.25) is 4.98 Å². The van der Waals surface area contributed by atoms with E-state index >= 15 is 0 Å². The van der Waals surface area contributed by atoms with E-state index in [1.54, 1.807) is 19.1 Å². The first-order valence-electron chi connectivity index (χ1n) is 10.5. The van der Waals surface area contributed by atoms with Crippen LogP contribution in [0, 0.1) is 6.92 Å². The van der Waals surface area contributed by atoms with Crippen LogP contribution in [0.15, 0.2) is 66.9 Å². The molecule has 0 bridgehead atoms. The van der Waals surface area contributed by atoms with Crippen LogP contribution in [-0.2, 0) is 19.4 Å². The summed E-state index contributed by atoms with van der Waals surface area (Å²) < 4.78 is 5.72. The molecule has 3 aromatic rings. The molecule has 4 nitrogen and oxygen atoms in total. The van der Waals surface area contributed by atoms with Gasteiger partial charge in [-0.25, -0.2) is 4.79 Å². The van der Waals surface area contributed by atoms with Gasteiger partial charge in [0.25, 0.3) is 0 Å². The molecule has 30 heavy (non-hydrogen) atoms. The van der Waals surface area contributed by atoms with E-state index in [2.05, 4.69) is 18.8 Å². The molecule has 0 fully saturated rings. The van der Waals surface area contributed by atoms with Crippen LogP contribution >= 0.6 is 0 Å². The number of aromatic nitrogens is 1. The highest BCUT2D eigenvalue weighted by Gasteiger charge is 2.13. The van der Waals surface area contributed by atoms with Crippen molar-refractivity contribution in [3.05, 3.63) is 94.8 Å². The van der Waals surface area contributed by atoms with Crippen molar-refractivity contribution in [3.8, 4) is 5.75 Å². The van der Waals surface area contributed by atoms with E-state index in [9.17, 15) is 9.90 Å². The Morgan fingerprint density at radius 3 is 2.27 bits per heavy atom. The van der Waals surface area contributed by atoms with Crippen molar-refractivity contribution in [1.29, 1.82) is 0 Å². The molecule has 1 N–H and O–H groups in total. The Kier molecular flexibility index (Phi) is 11.6. The number of hydrogen-bond donors (Lipinski definition) is 1. The second-order valence-electron chi connectivity index (χ2n) is 6.38. The normalized spacial score (nSPS) is 9.50. The summed E-state index contributed by atoms with van der Waals surface area (Å²) in [5.41, 5.74) is 4.14. The fraction of sp³-hybridized carbons (Fsp3) is 0.308. The minimum absolute atomic E-state index is 0.260. The second kappa shape index (κ2) is 13.9. The van der Waals surface area contributed by atoms with Crippen molar-refractivity contribution in [2.75, 3.05) is 0 Å². The van der Waals surface area contributed by atoms with E-state index in [1.165, 1.54) is 5.56 Å². The zero-order valence-electron chi connectivity index (χ0n) is 18.7. The van der Waals surface area contributed by atoms with Crippen molar-refractivity contribution >= 4 is 5.97 Å². The third-order valence-corrected chi connectivity index (χ3v) is 4.36. The summed E-state index contributed by atoms with van der Waals surface area (Å²) in [6, 6.07) is 19.3. The van der Waals surface area contributed by atoms with Crippen molar-refractivity contribution in [2.45, 2.75) is 54.1 Å². The second-order valence-corrected chi connectivity index (χ2v) is 6.38. The number of benzene rings is 2. The van der Waals surface area contributed by atoms with Crippen LogP contribution in [0.4, 0.5) is 0 Å². The van der Waals surface area contributed by atoms with E-state index in [-0.39, 0.29) is 6.61 Å². The Bertz CT molecular complexity index is 892. The molecule has 1 heterocycles. The quantitative estimate of drug-likeness (QED) is 0.506. The standard InChI is InChI=1S/C17H18O3.C7H9N.C2H6/c1-3-13-7-5-9-15(10-13)20-11-14-8-4-6-12(2)16(14)17(18)19;1-2-7-5-3-4-6-8-7;1-2/h4-10H,3,11H2,1-2H3,(H,18,19);3-6H,2H2,1H3;1-2H3. The maximum absolute atomic E-state index is 11.3. The van der Waals surface area contributed by atoms with Crippen molar-refractivity contribution in [2.24, 2.45) is 0 Å². The van der Waals surface area contributed by atoms with E-state index < -0.39 is 5.97 Å². The summed E-state index contributed by atoms with van der Waals surface area (Å²) in [6.45, 7) is 10.2. The van der Waals surface area contributed by atoms with Crippen molar-refractivity contribution < 1.29 is 14.6 Å². The molecule has 0 saturated heterocycles. The van der Waals surface area contributed by atoms with E-state index in [0.717, 1.165) is 29.8 Å². The Hall–Kier alpha value is -3.14. The smallest absolute Gasteiger partial charge is 0.336 e. The molecular weight excluding hydrogens is 374 g/mol. The van der Waals surface area contributed by atoms with E-state index in [4.69, 9.17) is 4.74 Å². The zero-order valence-corrected chi connectivity index (χ0v) is 18.7. The highest BCUT2D eigenvalue weighted by Crippen LogP contribution is 2.19. The summed E-state index contributed by atoms with van der Waals surface area (Å²) in [5, 5.41) is 9.27. The lowest BCUT2D eigenvalue weighted by Gasteiger charge is -2.11. The lowest BCUT2D eigenvalue weighted by Crippen LogP contribution is -2.07. The highest BCUT2D eigenvalue weighted by atomic mass is 16.5. The highest BCUT2D eigenvalue weighted by molar-refractivity contribution is 5.91. The van der Waals surface area contributed by atoms with Gasteiger partial charge in [0.1, 0.15) is 12.4 Å². The first-order valence-corrected chi connectivity index (χ1v) is 10.5. The van der Waals surface area contributed by atoms with Gasteiger partial charge in [-0.1, -0.05) is 64.1 Å². The summed E-state index contributed by atoms with van der Waals surface area (Å²) in [6.07, 6.45) is 3.79. The van der Waals surface area contributed by atoms with E-state index in [1.807, 2.05) is 68.6 Å². The largest absolute Gasteiger partial charge is 0.489 e. The van der Waals surface area contributed by atoms with Crippen LogP contribution in [0.2, 0.25) is 0 Å². The topological polar surface area (TPSA) is 59.4 Å². The van der Waals surface area contributed by atoms with Gasteiger partial charge in [0.15, 0.2) is 0 Å². The molecule has 0 aliphatic carbocycles. The zero-order chi connectivity index (χ0) is 22.4. The number of hydrogen-bond acceptors (Lipinski definition) is 3. The summed E-state index contributed by atoms with van der Waals surface area (Å²) in [5.74, 6) is -0.147. The lowest BCUT2D eigenvalue weighted by molar-refractivity contribution is 0.0693. The molecule has 0 radical (unpaired) electrons. The minimum Gasteiger partial charge on any atom is -0.489 e. The summed E-state index contributed by atoms with van der Waals surface area (Å²) in [7, 11) is 0. The molecule has 3 rings (SSSR count). The van der Waals surface area contributed by atoms with Crippen LogP contribution in [0.1, 0.15) is 60.4 Å². The van der Waals surface area contributed by atoms with Gasteiger partial charge in [0.2, 0.25) is 0 Å². The van der Waals surface area contributed by atoms with Gasteiger partial charge in [-0.15, -0.1) is 0 Å². The van der Waals surface area contributed by atoms with Crippen molar-refractivity contribution in [1.82, 2.24) is 4.98 Å². The molecule has 2 aromatic carbocycles. The van der Waals surface area contributed by atoms with E-state index in [0.29, 0.717) is 11.1 Å². The average Bonchev–Trinajstić information content (AvgIpc) is 2.80. The Morgan fingerprint density at radius 2 is 1.70 bits per heavy atom. The average molecular weight is 408 g/mol. The molecule has 0 unspecified atom stereocenters. The summed E-state index contributed by atoms with van der Waals surface area (Å²) >= 11 is 0. The number of aryl methyl sites for hydroxylation is 3. The fourth-order valence-corrected chi connectivity index (χ4v) is 2.78. The molecule has 0 amide bonds. The van der Waals surface area contributed by atoms with Gasteiger partial charge < -0.3 is 9.84 Å². The van der Waals surface area contributed by atoms with Crippen LogP contribution < -0.4 is 4.74 Å². The monoisotopic (exact) mass is 407 g/mol. The minimum atomic E-state index is -0.913. The van der Waals surface area contributed by atoms with Crippen molar-refractivity contribution in [3.63, 3.8) is 0 Å². The molecule has 4 heteroatoms. The van der Waals surface area contributed by atoms with Gasteiger partial charge in [0, 0.05) is 17.5 Å². The number of rotatable bonds is 6. The number of carbonyl (C=O) groups is 1. The summed E-state index contributed by atoms with van der Waals surface area (Å²) in [4.78, 5) is 15.4. The Balaban J connectivity index is 0.000000375. The van der Waals surface area contributed by atoms with Gasteiger partial charge in [-0.05, 0) is 55.2 Å². The molecule has 0 aliphatic heterocycles. The molecule has 0 saturated carbocycles. The van der Waals surface area contributed by atoms with Crippen LogP contribution in [-0.4, -0.2) is 16.1 Å². The number of pyridine rings is 1. The molecule has 0 spiro atoms. The Labute approximate surface area is 180 Å². The predicted octanol–water partition coefficient (Wildman–Crippen LogP) is 6.50.